The van der Waals surface area contributed by atoms with Gasteiger partial charge in [-0.3, -0.25) is 4.79 Å². The average molecular weight is 287 g/mol. The maximum atomic E-state index is 12.7. The minimum Gasteiger partial charge on any atom is -0.399 e. The molecule has 0 atom stereocenters. The number of ketones is 1. The lowest BCUT2D eigenvalue weighted by molar-refractivity contribution is 0.103. The number of hydrogen-bond donors (Lipinski definition) is 1. The molecule has 2 aromatic rings. The predicted molar refractivity (Wildman–Crippen MR) is 75.6 cm³/mol. The van der Waals surface area contributed by atoms with E-state index in [1.54, 1.807) is 18.2 Å². The lowest BCUT2D eigenvalue weighted by atomic mass is 10.0. The summed E-state index contributed by atoms with van der Waals surface area (Å²) in [5.41, 5.74) is 7.29. The molecule has 2 N–H and O–H groups in total. The van der Waals surface area contributed by atoms with E-state index in [0.29, 0.717) is 12.1 Å². The first-order valence-corrected chi connectivity index (χ1v) is 7.75. The molecule has 0 spiro atoms. The fourth-order valence-electron chi connectivity index (χ4n) is 2.41. The third kappa shape index (κ3) is 1.67. The summed E-state index contributed by atoms with van der Waals surface area (Å²) in [5, 5.41) is 0. The minimum absolute atomic E-state index is 0.00301. The van der Waals surface area contributed by atoms with Crippen LogP contribution in [-0.4, -0.2) is 14.2 Å². The van der Waals surface area contributed by atoms with E-state index in [1.807, 2.05) is 6.92 Å². The second-order valence-corrected chi connectivity index (χ2v) is 6.66. The lowest BCUT2D eigenvalue weighted by Crippen LogP contribution is -2.20. The number of anilines is 1. The summed E-state index contributed by atoms with van der Waals surface area (Å²) in [7, 11) is -3.69. The van der Waals surface area contributed by atoms with Crippen molar-refractivity contribution in [2.45, 2.75) is 23.1 Å². The number of fused-ring (bicyclic) bond motifs is 2. The molecule has 0 unspecified atom stereocenters. The van der Waals surface area contributed by atoms with Crippen molar-refractivity contribution in [1.29, 1.82) is 0 Å². The van der Waals surface area contributed by atoms with Crippen molar-refractivity contribution >= 4 is 21.3 Å². The fourth-order valence-corrected chi connectivity index (χ4v) is 4.14. The molecule has 0 amide bonds. The van der Waals surface area contributed by atoms with E-state index in [4.69, 9.17) is 5.73 Å². The highest BCUT2D eigenvalue weighted by atomic mass is 32.2. The van der Waals surface area contributed by atoms with E-state index < -0.39 is 9.84 Å². The summed E-state index contributed by atoms with van der Waals surface area (Å²) in [4.78, 5) is 12.5. The van der Waals surface area contributed by atoms with Crippen molar-refractivity contribution in [3.63, 3.8) is 0 Å². The summed E-state index contributed by atoms with van der Waals surface area (Å²) in [6.07, 6.45) is 0.709. The topological polar surface area (TPSA) is 77.2 Å². The molecule has 102 valence electrons. The van der Waals surface area contributed by atoms with Crippen LogP contribution in [0, 0.1) is 0 Å². The molecular weight excluding hydrogens is 274 g/mol. The Labute approximate surface area is 117 Å². The normalized spacial score (nSPS) is 15.6. The highest BCUT2D eigenvalue weighted by Gasteiger charge is 2.34. The van der Waals surface area contributed by atoms with Gasteiger partial charge in [-0.15, -0.1) is 0 Å². The third-order valence-electron chi connectivity index (χ3n) is 3.53. The Hall–Kier alpha value is -2.14. The van der Waals surface area contributed by atoms with Gasteiger partial charge in [0.15, 0.2) is 5.78 Å². The van der Waals surface area contributed by atoms with Gasteiger partial charge in [0.2, 0.25) is 9.84 Å². The van der Waals surface area contributed by atoms with E-state index in [2.05, 4.69) is 0 Å². The molecule has 0 aromatic heterocycles. The Kier molecular flexibility index (Phi) is 2.69. The van der Waals surface area contributed by atoms with Gasteiger partial charge in [0.05, 0.1) is 9.79 Å². The predicted octanol–water partition coefficient (Wildman–Crippen LogP) is 2.21. The molecule has 20 heavy (non-hydrogen) atoms. The Morgan fingerprint density at radius 3 is 2.25 bits per heavy atom. The second kappa shape index (κ2) is 4.18. The van der Waals surface area contributed by atoms with E-state index in [9.17, 15) is 13.2 Å². The van der Waals surface area contributed by atoms with Gasteiger partial charge in [0.25, 0.3) is 0 Å². The largest absolute Gasteiger partial charge is 0.399 e. The Morgan fingerprint density at radius 1 is 1.00 bits per heavy atom. The maximum absolute atomic E-state index is 12.7. The number of carbonyl (C=O) groups excluding carboxylic acids is 1. The summed E-state index contributed by atoms with van der Waals surface area (Å²) < 4.78 is 25.3. The molecule has 1 aliphatic rings. The highest BCUT2D eigenvalue weighted by molar-refractivity contribution is 7.91. The minimum atomic E-state index is -3.69. The molecule has 0 radical (unpaired) electrons. The van der Waals surface area contributed by atoms with Crippen LogP contribution in [0.4, 0.5) is 5.69 Å². The van der Waals surface area contributed by atoms with Gasteiger partial charge in [0, 0.05) is 16.8 Å². The number of benzene rings is 2. The van der Waals surface area contributed by atoms with Crippen LogP contribution in [0.25, 0.3) is 0 Å². The van der Waals surface area contributed by atoms with Crippen molar-refractivity contribution in [3.05, 3.63) is 53.1 Å². The van der Waals surface area contributed by atoms with Crippen molar-refractivity contribution in [3.8, 4) is 0 Å². The lowest BCUT2D eigenvalue weighted by Gasteiger charge is -2.19. The summed E-state index contributed by atoms with van der Waals surface area (Å²) >= 11 is 0. The first kappa shape index (κ1) is 12.9. The van der Waals surface area contributed by atoms with Gasteiger partial charge in [-0.25, -0.2) is 8.42 Å². The zero-order valence-corrected chi connectivity index (χ0v) is 11.7. The van der Waals surface area contributed by atoms with Crippen LogP contribution in [-0.2, 0) is 16.3 Å². The summed E-state index contributed by atoms with van der Waals surface area (Å²) in [6.45, 7) is 1.94. The van der Waals surface area contributed by atoms with Crippen LogP contribution in [0.15, 0.2) is 46.2 Å². The third-order valence-corrected chi connectivity index (χ3v) is 5.36. The number of nitrogens with two attached hydrogens (primary N) is 1. The number of rotatable bonds is 1. The van der Waals surface area contributed by atoms with E-state index >= 15 is 0 Å². The SMILES string of the molecule is CCc1ccc2c(c1)S(=O)(=O)c1cc(N)ccc1C2=O. The molecule has 0 saturated carbocycles. The van der Waals surface area contributed by atoms with Gasteiger partial charge in [-0.2, -0.15) is 0 Å². The van der Waals surface area contributed by atoms with Crippen LogP contribution in [0.1, 0.15) is 28.4 Å². The van der Waals surface area contributed by atoms with Crippen LogP contribution in [0.3, 0.4) is 0 Å². The van der Waals surface area contributed by atoms with Crippen molar-refractivity contribution in [1.82, 2.24) is 0 Å². The van der Waals surface area contributed by atoms with E-state index in [0.717, 1.165) is 5.56 Å². The summed E-state index contributed by atoms with van der Waals surface area (Å²) in [5.74, 6) is -0.271. The molecule has 1 aliphatic heterocycles. The van der Waals surface area contributed by atoms with Crippen LogP contribution in [0.5, 0.6) is 0 Å². The van der Waals surface area contributed by atoms with Gasteiger partial charge >= 0.3 is 0 Å². The molecular formula is C15H13NO3S. The van der Waals surface area contributed by atoms with Gasteiger partial charge in [-0.05, 0) is 42.3 Å². The van der Waals surface area contributed by atoms with Gasteiger partial charge < -0.3 is 5.73 Å². The van der Waals surface area contributed by atoms with Crippen molar-refractivity contribution in [2.75, 3.05) is 5.73 Å². The first-order chi connectivity index (χ1) is 9.45. The number of hydrogen-bond acceptors (Lipinski definition) is 4. The molecule has 0 aliphatic carbocycles. The molecule has 0 saturated heterocycles. The monoisotopic (exact) mass is 287 g/mol. The maximum Gasteiger partial charge on any atom is 0.208 e. The van der Waals surface area contributed by atoms with Crippen LogP contribution >= 0.6 is 0 Å². The van der Waals surface area contributed by atoms with Crippen LogP contribution < -0.4 is 5.73 Å². The highest BCUT2D eigenvalue weighted by Crippen LogP contribution is 2.35. The molecule has 5 heteroatoms. The Balaban J connectivity index is 2.38. The van der Waals surface area contributed by atoms with Gasteiger partial charge in [-0.1, -0.05) is 13.0 Å². The molecule has 4 nitrogen and oxygen atoms in total. The molecule has 3 rings (SSSR count). The number of nitrogen functional groups attached to an aromatic ring is 1. The molecule has 1 heterocycles. The zero-order chi connectivity index (χ0) is 14.5. The Bertz CT molecular complexity index is 838. The zero-order valence-electron chi connectivity index (χ0n) is 10.9. The average Bonchev–Trinajstić information content (AvgIpc) is 2.44. The molecule has 0 fully saturated rings. The number of carbonyl (C=O) groups is 1. The summed E-state index contributed by atoms with van der Waals surface area (Å²) in [6, 6.07) is 9.32. The van der Waals surface area contributed by atoms with Gasteiger partial charge in [0.1, 0.15) is 0 Å². The first-order valence-electron chi connectivity index (χ1n) is 6.27. The number of aryl methyl sites for hydroxylation is 1. The molecule has 0 bridgehead atoms. The fraction of sp³-hybridized carbons (Fsp3) is 0.133. The number of sulfone groups is 1. The Morgan fingerprint density at radius 2 is 1.60 bits per heavy atom. The quantitative estimate of drug-likeness (QED) is 0.696. The van der Waals surface area contributed by atoms with E-state index in [-0.39, 0.29) is 26.7 Å². The standard InChI is InChI=1S/C15H13NO3S/c1-2-9-3-5-11-13(7-9)20(18,19)14-8-10(16)4-6-12(14)15(11)17/h3-8H,2,16H2,1H3. The smallest absolute Gasteiger partial charge is 0.208 e. The van der Waals surface area contributed by atoms with E-state index in [1.165, 1.54) is 18.2 Å². The van der Waals surface area contributed by atoms with Crippen molar-refractivity contribution < 1.29 is 13.2 Å². The molecule has 2 aromatic carbocycles. The van der Waals surface area contributed by atoms with Crippen LogP contribution in [0.2, 0.25) is 0 Å². The second-order valence-electron chi connectivity index (χ2n) is 4.77. The van der Waals surface area contributed by atoms with Crippen molar-refractivity contribution in [2.24, 2.45) is 0 Å².